The topological polar surface area (TPSA) is 75.6 Å². The predicted molar refractivity (Wildman–Crippen MR) is 108 cm³/mol. The third-order valence-corrected chi connectivity index (χ3v) is 6.35. The van der Waals surface area contributed by atoms with E-state index in [-0.39, 0.29) is 24.8 Å². The van der Waals surface area contributed by atoms with Crippen LogP contribution in [-0.2, 0) is 16.3 Å². The van der Waals surface area contributed by atoms with E-state index in [1.165, 1.54) is 6.42 Å². The number of nitrogens with one attached hydrogen (secondary N) is 1. The van der Waals surface area contributed by atoms with Crippen molar-refractivity contribution in [2.45, 2.75) is 51.7 Å². The highest BCUT2D eigenvalue weighted by atomic mass is 35.5. The molecule has 0 spiro atoms. The monoisotopic (exact) mass is 405 g/mol. The zero-order valence-electron chi connectivity index (χ0n) is 15.7. The van der Waals surface area contributed by atoms with Gasteiger partial charge in [-0.3, -0.25) is 0 Å². The average molecular weight is 406 g/mol. The highest BCUT2D eigenvalue weighted by Gasteiger charge is 2.24. The first-order valence-electron chi connectivity index (χ1n) is 9.17. The summed E-state index contributed by atoms with van der Waals surface area (Å²) in [5, 5.41) is 13.0. The highest BCUT2D eigenvalue weighted by molar-refractivity contribution is 7.91. The van der Waals surface area contributed by atoms with Crippen LogP contribution in [0.2, 0.25) is 0 Å². The maximum atomic E-state index is 12.1. The van der Waals surface area contributed by atoms with Gasteiger partial charge in [0.15, 0.2) is 9.84 Å². The number of sulfone groups is 1. The van der Waals surface area contributed by atoms with Crippen LogP contribution in [0.1, 0.15) is 38.7 Å². The summed E-state index contributed by atoms with van der Waals surface area (Å²) in [5.74, 6) is 1.63. The van der Waals surface area contributed by atoms with Crippen molar-refractivity contribution in [2.24, 2.45) is 5.92 Å². The van der Waals surface area contributed by atoms with Gasteiger partial charge in [0.1, 0.15) is 18.5 Å². The molecule has 1 aromatic rings. The van der Waals surface area contributed by atoms with Crippen molar-refractivity contribution in [1.82, 2.24) is 5.32 Å². The van der Waals surface area contributed by atoms with Crippen LogP contribution in [0.3, 0.4) is 0 Å². The van der Waals surface area contributed by atoms with Gasteiger partial charge in [-0.25, -0.2) is 8.42 Å². The molecule has 150 valence electrons. The van der Waals surface area contributed by atoms with Crippen molar-refractivity contribution in [3.05, 3.63) is 29.8 Å². The van der Waals surface area contributed by atoms with E-state index in [0.717, 1.165) is 18.4 Å². The van der Waals surface area contributed by atoms with Crippen molar-refractivity contribution in [3.8, 4) is 5.75 Å². The number of rotatable bonds is 11. The molecule has 0 aliphatic heterocycles. The zero-order chi connectivity index (χ0) is 18.3. The van der Waals surface area contributed by atoms with Gasteiger partial charge >= 0.3 is 0 Å². The minimum Gasteiger partial charge on any atom is -0.491 e. The number of benzene rings is 1. The summed E-state index contributed by atoms with van der Waals surface area (Å²) >= 11 is 0. The van der Waals surface area contributed by atoms with Crippen molar-refractivity contribution in [2.75, 3.05) is 24.7 Å². The lowest BCUT2D eigenvalue weighted by molar-refractivity contribution is 0.104. The van der Waals surface area contributed by atoms with Gasteiger partial charge in [-0.1, -0.05) is 32.4 Å². The molecule has 2 N–H and O–H groups in total. The summed E-state index contributed by atoms with van der Waals surface area (Å²) in [7, 11) is -2.96. The summed E-state index contributed by atoms with van der Waals surface area (Å²) < 4.78 is 29.8. The summed E-state index contributed by atoms with van der Waals surface area (Å²) in [4.78, 5) is 0. The molecule has 0 amide bonds. The van der Waals surface area contributed by atoms with E-state index in [1.807, 2.05) is 38.1 Å². The quantitative estimate of drug-likeness (QED) is 0.591. The Hall–Kier alpha value is -0.820. The standard InChI is InChI=1S/C19H31NO4S.ClH/c1-15(2)20-12-18(21)13-24-19-8-6-16(7-9-19)10-11-25(22,23)14-17-4-3-5-17;/h6-9,15,17-18,20-21H,3-5,10-14H2,1-2H3;1H. The lowest BCUT2D eigenvalue weighted by Gasteiger charge is -2.24. The van der Waals surface area contributed by atoms with Crippen LogP contribution in [0.5, 0.6) is 5.75 Å². The van der Waals surface area contributed by atoms with E-state index in [4.69, 9.17) is 4.74 Å². The Morgan fingerprint density at radius 2 is 1.88 bits per heavy atom. The lowest BCUT2D eigenvalue weighted by Crippen LogP contribution is -2.35. The second kappa shape index (κ2) is 11.1. The molecule has 1 aliphatic carbocycles. The smallest absolute Gasteiger partial charge is 0.150 e. The maximum absolute atomic E-state index is 12.1. The highest BCUT2D eigenvalue weighted by Crippen LogP contribution is 2.28. The first kappa shape index (κ1) is 23.2. The van der Waals surface area contributed by atoms with E-state index in [0.29, 0.717) is 36.4 Å². The minimum absolute atomic E-state index is 0. The summed E-state index contributed by atoms with van der Waals surface area (Å²) in [6.07, 6.45) is 3.27. The Morgan fingerprint density at radius 3 is 2.42 bits per heavy atom. The molecule has 1 aliphatic rings. The van der Waals surface area contributed by atoms with Crippen LogP contribution >= 0.6 is 12.4 Å². The van der Waals surface area contributed by atoms with Crippen LogP contribution < -0.4 is 10.1 Å². The SMILES string of the molecule is CC(C)NCC(O)COc1ccc(CCS(=O)(=O)CC2CCC2)cc1.Cl. The molecular formula is C19H32ClNO4S. The van der Waals surface area contributed by atoms with Gasteiger partial charge in [0.2, 0.25) is 0 Å². The van der Waals surface area contributed by atoms with Gasteiger partial charge < -0.3 is 15.2 Å². The van der Waals surface area contributed by atoms with Crippen molar-refractivity contribution < 1.29 is 18.3 Å². The molecule has 1 atom stereocenters. The molecule has 26 heavy (non-hydrogen) atoms. The first-order valence-corrected chi connectivity index (χ1v) is 11.0. The molecule has 1 unspecified atom stereocenters. The second-order valence-electron chi connectivity index (χ2n) is 7.33. The molecule has 0 saturated heterocycles. The lowest BCUT2D eigenvalue weighted by atomic mass is 9.87. The van der Waals surface area contributed by atoms with Crippen LogP contribution in [0.4, 0.5) is 0 Å². The normalized spacial score (nSPS) is 16.0. The molecular weight excluding hydrogens is 374 g/mol. The Labute approximate surface area is 163 Å². The van der Waals surface area contributed by atoms with Crippen LogP contribution in [0.15, 0.2) is 24.3 Å². The molecule has 7 heteroatoms. The maximum Gasteiger partial charge on any atom is 0.150 e. The number of halogens is 1. The number of hydrogen-bond donors (Lipinski definition) is 2. The fraction of sp³-hybridized carbons (Fsp3) is 0.684. The van der Waals surface area contributed by atoms with Gasteiger partial charge in [0.25, 0.3) is 0 Å². The van der Waals surface area contributed by atoms with E-state index in [1.54, 1.807) is 0 Å². The number of ether oxygens (including phenoxy) is 1. The van der Waals surface area contributed by atoms with Crippen LogP contribution in [0.25, 0.3) is 0 Å². The number of aliphatic hydroxyl groups excluding tert-OH is 1. The van der Waals surface area contributed by atoms with Gasteiger partial charge in [0.05, 0.1) is 11.5 Å². The second-order valence-corrected chi connectivity index (χ2v) is 9.56. The predicted octanol–water partition coefficient (Wildman–Crippen LogP) is 2.60. The van der Waals surface area contributed by atoms with E-state index >= 15 is 0 Å². The van der Waals surface area contributed by atoms with Crippen molar-refractivity contribution in [1.29, 1.82) is 0 Å². The Bertz CT molecular complexity index is 615. The molecule has 5 nitrogen and oxygen atoms in total. The fourth-order valence-corrected chi connectivity index (χ4v) is 4.52. The molecule has 2 rings (SSSR count). The minimum atomic E-state index is -2.96. The van der Waals surface area contributed by atoms with Crippen molar-refractivity contribution in [3.63, 3.8) is 0 Å². The molecule has 0 bridgehead atoms. The van der Waals surface area contributed by atoms with Crippen LogP contribution in [-0.4, -0.2) is 50.3 Å². The van der Waals surface area contributed by atoms with E-state index < -0.39 is 15.9 Å². The number of aliphatic hydroxyl groups is 1. The molecule has 1 saturated carbocycles. The summed E-state index contributed by atoms with van der Waals surface area (Å²) in [5.41, 5.74) is 0.992. The number of hydrogen-bond acceptors (Lipinski definition) is 5. The summed E-state index contributed by atoms with van der Waals surface area (Å²) in [6, 6.07) is 7.78. The van der Waals surface area contributed by atoms with Gasteiger partial charge in [-0.2, -0.15) is 0 Å². The molecule has 1 aromatic carbocycles. The number of aryl methyl sites for hydroxylation is 1. The Balaban J connectivity index is 0.00000338. The molecule has 1 fully saturated rings. The average Bonchev–Trinajstić information content (AvgIpc) is 2.54. The van der Waals surface area contributed by atoms with E-state index in [9.17, 15) is 13.5 Å². The first-order chi connectivity index (χ1) is 11.8. The molecule has 0 heterocycles. The Morgan fingerprint density at radius 1 is 1.23 bits per heavy atom. The van der Waals surface area contributed by atoms with Gasteiger partial charge in [0, 0.05) is 12.6 Å². The summed E-state index contributed by atoms with van der Waals surface area (Å²) in [6.45, 7) is 4.78. The van der Waals surface area contributed by atoms with Crippen LogP contribution in [0, 0.1) is 5.92 Å². The molecule has 0 aromatic heterocycles. The fourth-order valence-electron chi connectivity index (χ4n) is 2.75. The third kappa shape index (κ3) is 8.71. The van der Waals surface area contributed by atoms with Gasteiger partial charge in [-0.15, -0.1) is 12.4 Å². The zero-order valence-corrected chi connectivity index (χ0v) is 17.3. The van der Waals surface area contributed by atoms with Gasteiger partial charge in [-0.05, 0) is 42.9 Å². The van der Waals surface area contributed by atoms with Crippen molar-refractivity contribution >= 4 is 22.2 Å². The Kier molecular flexibility index (Phi) is 9.93. The third-order valence-electron chi connectivity index (χ3n) is 4.54. The largest absolute Gasteiger partial charge is 0.491 e. The molecule has 0 radical (unpaired) electrons. The van der Waals surface area contributed by atoms with E-state index in [2.05, 4.69) is 5.32 Å².